The molecule has 0 heterocycles. The van der Waals surface area contributed by atoms with Crippen LogP contribution in [-0.2, 0) is 6.61 Å². The van der Waals surface area contributed by atoms with Crippen LogP contribution in [0.5, 0.6) is 11.5 Å². The van der Waals surface area contributed by atoms with Crippen LogP contribution in [-0.4, -0.2) is 18.7 Å². The van der Waals surface area contributed by atoms with Gasteiger partial charge in [0.05, 0.1) is 12.7 Å². The molecule has 5 rings (SSSR count). The Kier molecular flexibility index (Phi) is 4.32. The fourth-order valence-corrected chi connectivity index (χ4v) is 4.04. The maximum atomic E-state index is 13.2. The largest absolute Gasteiger partial charge is 0.496 e. The molecule has 0 radical (unpaired) electrons. The molecule has 4 aromatic rings. The lowest BCUT2D eigenvalue weighted by molar-refractivity contribution is 0.0975. The Morgan fingerprint density at radius 1 is 0.667 bits per heavy atom. The third kappa shape index (κ3) is 2.77. The second-order valence-electron chi connectivity index (χ2n) is 7.14. The van der Waals surface area contributed by atoms with Crippen molar-refractivity contribution in [1.82, 2.24) is 0 Å². The zero-order valence-electron chi connectivity index (χ0n) is 16.3. The monoisotopic (exact) mass is 394 g/mol. The van der Waals surface area contributed by atoms with Crippen LogP contribution < -0.4 is 9.47 Å². The minimum absolute atomic E-state index is 0.159. The lowest BCUT2D eigenvalue weighted by Gasteiger charge is -2.20. The van der Waals surface area contributed by atoms with Gasteiger partial charge in [0.15, 0.2) is 11.6 Å². The van der Waals surface area contributed by atoms with Gasteiger partial charge in [-0.25, -0.2) is 0 Å². The van der Waals surface area contributed by atoms with Crippen LogP contribution in [0.3, 0.4) is 0 Å². The highest BCUT2D eigenvalue weighted by Gasteiger charge is 2.32. The molecule has 1 aliphatic carbocycles. The Morgan fingerprint density at radius 2 is 1.37 bits per heavy atom. The summed E-state index contributed by atoms with van der Waals surface area (Å²) in [7, 11) is 1.62. The predicted molar refractivity (Wildman–Crippen MR) is 115 cm³/mol. The van der Waals surface area contributed by atoms with Crippen LogP contribution in [0.15, 0.2) is 78.9 Å². The Balaban J connectivity index is 1.57. The molecule has 0 unspecified atom stereocenters. The van der Waals surface area contributed by atoms with Crippen molar-refractivity contribution in [2.45, 2.75) is 6.61 Å². The molecule has 0 spiro atoms. The minimum Gasteiger partial charge on any atom is -0.496 e. The van der Waals surface area contributed by atoms with Gasteiger partial charge in [-0.05, 0) is 22.9 Å². The Morgan fingerprint density at radius 3 is 2.17 bits per heavy atom. The van der Waals surface area contributed by atoms with E-state index >= 15 is 0 Å². The van der Waals surface area contributed by atoms with Crippen molar-refractivity contribution in [3.05, 3.63) is 107 Å². The number of fused-ring (bicyclic) bond motifs is 3. The SMILES string of the molecule is COc1ccc2ccccc2c1COc1cccc2c1C(=O)c1ccccc1C2=O. The van der Waals surface area contributed by atoms with Crippen LogP contribution in [0.25, 0.3) is 10.8 Å². The molecule has 30 heavy (non-hydrogen) atoms. The fourth-order valence-electron chi connectivity index (χ4n) is 4.04. The molecule has 0 amide bonds. The highest BCUT2D eigenvalue weighted by Crippen LogP contribution is 2.35. The number of benzene rings is 4. The Labute approximate surface area is 173 Å². The summed E-state index contributed by atoms with van der Waals surface area (Å²) in [5.74, 6) is 0.760. The highest BCUT2D eigenvalue weighted by molar-refractivity contribution is 6.29. The van der Waals surface area contributed by atoms with E-state index in [1.54, 1.807) is 49.6 Å². The quantitative estimate of drug-likeness (QED) is 0.420. The standard InChI is InChI=1S/C26H18O4/c1-29-22-14-13-16-7-2-3-8-17(16)21(22)15-30-23-12-6-11-20-24(23)26(28)19-10-5-4-9-18(19)25(20)27/h2-14H,15H2,1H3. The Bertz CT molecular complexity index is 1320. The van der Waals surface area contributed by atoms with Crippen molar-refractivity contribution in [2.75, 3.05) is 7.11 Å². The number of hydrogen-bond donors (Lipinski definition) is 0. The molecule has 0 aromatic heterocycles. The van der Waals surface area contributed by atoms with Crippen molar-refractivity contribution in [1.29, 1.82) is 0 Å². The van der Waals surface area contributed by atoms with E-state index in [9.17, 15) is 9.59 Å². The van der Waals surface area contributed by atoms with Crippen molar-refractivity contribution in [2.24, 2.45) is 0 Å². The minimum atomic E-state index is -0.194. The number of rotatable bonds is 4. The average Bonchev–Trinajstić information content (AvgIpc) is 2.80. The van der Waals surface area contributed by atoms with Gasteiger partial charge in [0.1, 0.15) is 18.1 Å². The lowest BCUT2D eigenvalue weighted by atomic mass is 9.83. The summed E-state index contributed by atoms with van der Waals surface area (Å²) >= 11 is 0. The van der Waals surface area contributed by atoms with Gasteiger partial charge < -0.3 is 9.47 Å². The van der Waals surface area contributed by atoms with Gasteiger partial charge in [-0.2, -0.15) is 0 Å². The maximum Gasteiger partial charge on any atom is 0.198 e. The van der Waals surface area contributed by atoms with Gasteiger partial charge in [0, 0.05) is 22.3 Å². The zero-order valence-corrected chi connectivity index (χ0v) is 16.3. The molecule has 0 saturated carbocycles. The third-order valence-corrected chi connectivity index (χ3v) is 5.50. The molecule has 146 valence electrons. The molecule has 1 aliphatic rings. The summed E-state index contributed by atoms with van der Waals surface area (Å²) in [6.45, 7) is 0.212. The van der Waals surface area contributed by atoms with Gasteiger partial charge in [-0.15, -0.1) is 0 Å². The molecule has 0 saturated heterocycles. The summed E-state index contributed by atoms with van der Waals surface area (Å²) in [6.07, 6.45) is 0. The average molecular weight is 394 g/mol. The number of carbonyl (C=O) groups excluding carboxylic acids is 2. The second kappa shape index (κ2) is 7.16. The van der Waals surface area contributed by atoms with E-state index in [2.05, 4.69) is 0 Å². The number of hydrogen-bond acceptors (Lipinski definition) is 4. The van der Waals surface area contributed by atoms with E-state index < -0.39 is 0 Å². The molecule has 4 aromatic carbocycles. The van der Waals surface area contributed by atoms with Gasteiger partial charge in [-0.3, -0.25) is 9.59 Å². The highest BCUT2D eigenvalue weighted by atomic mass is 16.5. The van der Waals surface area contributed by atoms with E-state index in [0.29, 0.717) is 33.8 Å². The lowest BCUT2D eigenvalue weighted by Crippen LogP contribution is -2.21. The van der Waals surface area contributed by atoms with Crippen molar-refractivity contribution < 1.29 is 19.1 Å². The summed E-state index contributed by atoms with van der Waals surface area (Å²) in [6, 6.07) is 24.0. The second-order valence-corrected chi connectivity index (χ2v) is 7.14. The number of carbonyl (C=O) groups is 2. The van der Waals surface area contributed by atoms with Crippen molar-refractivity contribution >= 4 is 22.3 Å². The molecule has 0 aliphatic heterocycles. The molecular formula is C26H18O4. The maximum absolute atomic E-state index is 13.2. The molecule has 4 nitrogen and oxygen atoms in total. The van der Waals surface area contributed by atoms with E-state index in [0.717, 1.165) is 16.3 Å². The first-order valence-electron chi connectivity index (χ1n) is 9.68. The normalized spacial score (nSPS) is 12.4. The van der Waals surface area contributed by atoms with Crippen molar-refractivity contribution in [3.8, 4) is 11.5 Å². The number of ether oxygens (including phenoxy) is 2. The molecule has 0 N–H and O–H groups in total. The molecular weight excluding hydrogens is 376 g/mol. The summed E-state index contributed by atoms with van der Waals surface area (Å²) in [5.41, 5.74) is 2.43. The van der Waals surface area contributed by atoms with E-state index in [1.807, 2.05) is 36.4 Å². The van der Waals surface area contributed by atoms with Crippen LogP contribution in [0, 0.1) is 0 Å². The van der Waals surface area contributed by atoms with Crippen LogP contribution in [0.4, 0.5) is 0 Å². The molecule has 0 bridgehead atoms. The van der Waals surface area contributed by atoms with Gasteiger partial charge in [0.25, 0.3) is 0 Å². The van der Waals surface area contributed by atoms with Crippen LogP contribution in [0.2, 0.25) is 0 Å². The van der Waals surface area contributed by atoms with E-state index in [-0.39, 0.29) is 18.2 Å². The Hall–Kier alpha value is -3.92. The number of ketones is 2. The number of methoxy groups -OCH3 is 1. The zero-order chi connectivity index (χ0) is 20.7. The summed E-state index contributed by atoms with van der Waals surface area (Å²) in [4.78, 5) is 26.1. The van der Waals surface area contributed by atoms with Crippen molar-refractivity contribution in [3.63, 3.8) is 0 Å². The van der Waals surface area contributed by atoms with E-state index in [4.69, 9.17) is 9.47 Å². The summed E-state index contributed by atoms with van der Waals surface area (Å²) in [5, 5.41) is 2.10. The fraction of sp³-hybridized carbons (Fsp3) is 0.0769. The predicted octanol–water partition coefficient (Wildman–Crippen LogP) is 5.20. The van der Waals surface area contributed by atoms with E-state index in [1.165, 1.54) is 0 Å². The van der Waals surface area contributed by atoms with Gasteiger partial charge in [-0.1, -0.05) is 66.7 Å². The first-order chi connectivity index (χ1) is 14.7. The van der Waals surface area contributed by atoms with Gasteiger partial charge >= 0.3 is 0 Å². The van der Waals surface area contributed by atoms with Gasteiger partial charge in [0.2, 0.25) is 0 Å². The first kappa shape index (κ1) is 18.1. The molecule has 0 atom stereocenters. The first-order valence-corrected chi connectivity index (χ1v) is 9.68. The smallest absolute Gasteiger partial charge is 0.198 e. The van der Waals surface area contributed by atoms with Crippen LogP contribution >= 0.6 is 0 Å². The molecule has 0 fully saturated rings. The van der Waals surface area contributed by atoms with Crippen LogP contribution in [0.1, 0.15) is 37.4 Å². The molecule has 4 heteroatoms. The third-order valence-electron chi connectivity index (χ3n) is 5.50. The topological polar surface area (TPSA) is 52.6 Å². The summed E-state index contributed by atoms with van der Waals surface area (Å²) < 4.78 is 11.7.